The van der Waals surface area contributed by atoms with Gasteiger partial charge in [0.2, 0.25) is 11.8 Å². The van der Waals surface area contributed by atoms with Crippen LogP contribution in [0.2, 0.25) is 0 Å². The fourth-order valence-corrected chi connectivity index (χ4v) is 6.58. The van der Waals surface area contributed by atoms with Crippen molar-refractivity contribution in [3.05, 3.63) is 35.5 Å². The molecule has 2 amide bonds. The maximum Gasteiger partial charge on any atom is 0.249 e. The van der Waals surface area contributed by atoms with Crippen LogP contribution in [0.3, 0.4) is 0 Å². The lowest BCUT2D eigenvalue weighted by Crippen LogP contribution is -2.84. The molecule has 4 saturated heterocycles. The SMILES string of the molecule is CC1(C)c2[nH]c3ccccc3c2C[C@@]23NC(=O)C4(CCCN4C2=O)CC13. The summed E-state index contributed by atoms with van der Waals surface area (Å²) in [6.45, 7) is 5.20. The number of fused-ring (bicyclic) bond motifs is 4. The number of rotatable bonds is 0. The number of benzene rings is 1. The van der Waals surface area contributed by atoms with E-state index in [0.717, 1.165) is 31.3 Å². The predicted molar refractivity (Wildman–Crippen MR) is 97.7 cm³/mol. The number of para-hydroxylation sites is 1. The molecule has 1 aliphatic carbocycles. The number of piperidine rings is 2. The molecule has 0 saturated carbocycles. The first kappa shape index (κ1) is 14.8. The largest absolute Gasteiger partial charge is 0.358 e. The first-order valence-electron chi connectivity index (χ1n) is 9.65. The second-order valence-electron chi connectivity index (χ2n) is 9.20. The number of carbonyl (C=O) groups excluding carboxylic acids is 2. The molecule has 5 nitrogen and oxygen atoms in total. The summed E-state index contributed by atoms with van der Waals surface area (Å²) >= 11 is 0. The summed E-state index contributed by atoms with van der Waals surface area (Å²) in [5.41, 5.74) is 1.97. The van der Waals surface area contributed by atoms with Gasteiger partial charge in [0.15, 0.2) is 0 Å². The van der Waals surface area contributed by atoms with Crippen molar-refractivity contribution in [2.75, 3.05) is 6.54 Å². The van der Waals surface area contributed by atoms with Crippen LogP contribution in [0.15, 0.2) is 24.3 Å². The zero-order valence-corrected chi connectivity index (χ0v) is 15.2. The van der Waals surface area contributed by atoms with Crippen LogP contribution in [0.4, 0.5) is 0 Å². The molecule has 7 rings (SSSR count). The van der Waals surface area contributed by atoms with E-state index in [-0.39, 0.29) is 23.1 Å². The third kappa shape index (κ3) is 1.36. The van der Waals surface area contributed by atoms with Crippen LogP contribution in [-0.2, 0) is 21.4 Å². The van der Waals surface area contributed by atoms with Gasteiger partial charge in [-0.15, -0.1) is 0 Å². The van der Waals surface area contributed by atoms with Crippen molar-refractivity contribution in [3.8, 4) is 0 Å². The second kappa shape index (κ2) is 4.16. The number of H-pyrrole nitrogens is 1. The summed E-state index contributed by atoms with van der Waals surface area (Å²) in [5, 5.41) is 4.43. The normalized spacial score (nSPS) is 36.7. The molecule has 2 N–H and O–H groups in total. The van der Waals surface area contributed by atoms with Crippen LogP contribution < -0.4 is 5.32 Å². The van der Waals surface area contributed by atoms with E-state index in [1.165, 1.54) is 16.6 Å². The Kier molecular flexibility index (Phi) is 2.37. The number of piperazine rings is 1. The monoisotopic (exact) mass is 349 g/mol. The van der Waals surface area contributed by atoms with Gasteiger partial charge >= 0.3 is 0 Å². The molecule has 2 bridgehead atoms. The third-order valence-corrected chi connectivity index (χ3v) is 7.80. The number of hydrogen-bond donors (Lipinski definition) is 2. The fraction of sp³-hybridized carbons (Fsp3) is 0.524. The number of hydrogen-bond acceptors (Lipinski definition) is 2. The Balaban J connectivity index is 1.64. The van der Waals surface area contributed by atoms with Gasteiger partial charge in [0.05, 0.1) is 0 Å². The van der Waals surface area contributed by atoms with Crippen molar-refractivity contribution < 1.29 is 9.59 Å². The van der Waals surface area contributed by atoms with E-state index in [4.69, 9.17) is 0 Å². The third-order valence-electron chi connectivity index (χ3n) is 7.80. The van der Waals surface area contributed by atoms with E-state index >= 15 is 0 Å². The minimum atomic E-state index is -0.787. The Hall–Kier alpha value is -2.30. The minimum absolute atomic E-state index is 0.0740. The summed E-state index contributed by atoms with van der Waals surface area (Å²) < 4.78 is 0. The molecule has 134 valence electrons. The number of aromatic amines is 1. The van der Waals surface area contributed by atoms with Crippen molar-refractivity contribution >= 4 is 22.7 Å². The molecule has 2 aromatic rings. The summed E-state index contributed by atoms with van der Waals surface area (Å²) in [4.78, 5) is 32.2. The average Bonchev–Trinajstić information content (AvgIpc) is 3.20. The first-order chi connectivity index (χ1) is 12.4. The summed E-state index contributed by atoms with van der Waals surface area (Å²) in [5.74, 6) is 0.343. The predicted octanol–water partition coefficient (Wildman–Crippen LogP) is 2.25. The summed E-state index contributed by atoms with van der Waals surface area (Å²) in [7, 11) is 0. The lowest BCUT2D eigenvalue weighted by molar-refractivity contribution is -0.179. The Labute approximate surface area is 152 Å². The van der Waals surface area contributed by atoms with Crippen molar-refractivity contribution in [3.63, 3.8) is 0 Å². The van der Waals surface area contributed by atoms with Gasteiger partial charge in [-0.25, -0.2) is 0 Å². The van der Waals surface area contributed by atoms with E-state index in [9.17, 15) is 9.59 Å². The fourth-order valence-electron chi connectivity index (χ4n) is 6.58. The highest BCUT2D eigenvalue weighted by atomic mass is 16.2. The number of amides is 2. The van der Waals surface area contributed by atoms with Crippen LogP contribution in [-0.4, -0.2) is 39.3 Å². The van der Waals surface area contributed by atoms with E-state index in [1.54, 1.807) is 0 Å². The van der Waals surface area contributed by atoms with Gasteiger partial charge in [-0.05, 0) is 30.9 Å². The molecule has 1 aromatic carbocycles. The molecule has 2 spiro atoms. The number of aromatic nitrogens is 1. The first-order valence-corrected chi connectivity index (χ1v) is 9.65. The van der Waals surface area contributed by atoms with Crippen LogP contribution in [0.25, 0.3) is 10.9 Å². The molecule has 4 fully saturated rings. The minimum Gasteiger partial charge on any atom is -0.358 e. The Morgan fingerprint density at radius 1 is 1.19 bits per heavy atom. The number of nitrogens with zero attached hydrogens (tertiary/aromatic N) is 1. The van der Waals surface area contributed by atoms with Crippen molar-refractivity contribution in [2.45, 2.75) is 56.0 Å². The second-order valence-corrected chi connectivity index (χ2v) is 9.20. The molecule has 5 heterocycles. The summed E-state index contributed by atoms with van der Waals surface area (Å²) in [6, 6.07) is 8.30. The van der Waals surface area contributed by atoms with Gasteiger partial charge in [0.1, 0.15) is 11.1 Å². The molecule has 0 radical (unpaired) electrons. The van der Waals surface area contributed by atoms with E-state index in [1.807, 2.05) is 17.0 Å². The topological polar surface area (TPSA) is 65.2 Å². The average molecular weight is 349 g/mol. The van der Waals surface area contributed by atoms with Gasteiger partial charge in [0.25, 0.3) is 0 Å². The zero-order valence-electron chi connectivity index (χ0n) is 15.2. The lowest BCUT2D eigenvalue weighted by atomic mass is 9.51. The molecule has 5 aliphatic rings. The number of nitrogens with one attached hydrogen (secondary N) is 2. The van der Waals surface area contributed by atoms with Crippen molar-refractivity contribution in [1.29, 1.82) is 0 Å². The van der Waals surface area contributed by atoms with Crippen LogP contribution in [0.1, 0.15) is 44.4 Å². The highest BCUT2D eigenvalue weighted by Gasteiger charge is 2.72. The maximum atomic E-state index is 13.6. The molecule has 2 unspecified atom stereocenters. The van der Waals surface area contributed by atoms with E-state index in [2.05, 4.69) is 36.3 Å². The van der Waals surface area contributed by atoms with Gasteiger partial charge in [-0.3, -0.25) is 9.59 Å². The molecule has 5 heteroatoms. The molecule has 4 aliphatic heterocycles. The van der Waals surface area contributed by atoms with Gasteiger partial charge in [-0.1, -0.05) is 32.0 Å². The van der Waals surface area contributed by atoms with Crippen LogP contribution >= 0.6 is 0 Å². The highest BCUT2D eigenvalue weighted by Crippen LogP contribution is 2.59. The Morgan fingerprint density at radius 3 is 2.85 bits per heavy atom. The van der Waals surface area contributed by atoms with Gasteiger partial charge in [0, 0.05) is 40.9 Å². The molecular formula is C21H23N3O2. The maximum absolute atomic E-state index is 13.6. The van der Waals surface area contributed by atoms with Gasteiger partial charge < -0.3 is 15.2 Å². The zero-order chi connectivity index (χ0) is 17.9. The molecule has 3 atom stereocenters. The molecule has 26 heavy (non-hydrogen) atoms. The van der Waals surface area contributed by atoms with Crippen LogP contribution in [0.5, 0.6) is 0 Å². The van der Waals surface area contributed by atoms with E-state index < -0.39 is 11.1 Å². The lowest BCUT2D eigenvalue weighted by Gasteiger charge is -2.64. The van der Waals surface area contributed by atoms with Gasteiger partial charge in [-0.2, -0.15) is 0 Å². The Bertz CT molecular complexity index is 1010. The van der Waals surface area contributed by atoms with E-state index in [0.29, 0.717) is 6.42 Å². The highest BCUT2D eigenvalue weighted by molar-refractivity contribution is 6.06. The molecular weight excluding hydrogens is 326 g/mol. The number of carbonyl (C=O) groups is 2. The van der Waals surface area contributed by atoms with Crippen molar-refractivity contribution in [2.24, 2.45) is 5.92 Å². The molecule has 1 aromatic heterocycles. The van der Waals surface area contributed by atoms with Crippen molar-refractivity contribution in [1.82, 2.24) is 15.2 Å². The Morgan fingerprint density at radius 2 is 2.00 bits per heavy atom. The smallest absolute Gasteiger partial charge is 0.249 e. The standard InChI is InChI=1S/C21H23N3O2/c1-19(2)15-11-20-8-5-9-24(20)18(26)21(15,23-17(20)25)10-13-12-6-3-4-7-14(12)22-16(13)19/h3-4,6-7,15,22H,5,8-11H2,1-2H3,(H,23,25)/t15?,20?,21-/m0/s1. The van der Waals surface area contributed by atoms with Crippen LogP contribution in [0, 0.1) is 5.92 Å². The quantitative estimate of drug-likeness (QED) is 0.766. The summed E-state index contributed by atoms with van der Waals surface area (Å²) in [6.07, 6.45) is 3.10.